The molecule has 1 amide bonds. The van der Waals surface area contributed by atoms with Crippen LogP contribution in [0.1, 0.15) is 96.6 Å². The lowest BCUT2D eigenvalue weighted by atomic mass is 9.70. The summed E-state index contributed by atoms with van der Waals surface area (Å²) in [5.41, 5.74) is 4.63. The smallest absolute Gasteiger partial charge is 0.251 e. The van der Waals surface area contributed by atoms with E-state index in [0.29, 0.717) is 30.4 Å². The van der Waals surface area contributed by atoms with Crippen molar-refractivity contribution in [2.75, 3.05) is 52.3 Å². The maximum absolute atomic E-state index is 13.1. The molecule has 9 nitrogen and oxygen atoms in total. The SMILES string of the molecule is CN(C)c1ccc(C(=O)NCC(=O)CO[Si](C)(C)C(C)(C)C)cc1.CN(CC(=O)CO[Si](C)(C)C(C)(C)C)Cc1ccc(/C=C2\C(=O)C3(C)CCC2C3(C)C)cc1. The van der Waals surface area contributed by atoms with E-state index in [4.69, 9.17) is 8.85 Å². The maximum atomic E-state index is 13.1. The van der Waals surface area contributed by atoms with E-state index in [-0.39, 0.29) is 58.1 Å². The van der Waals surface area contributed by atoms with Crippen LogP contribution in [0.5, 0.6) is 0 Å². The van der Waals surface area contributed by atoms with Crippen molar-refractivity contribution in [2.24, 2.45) is 16.7 Å². The van der Waals surface area contributed by atoms with Gasteiger partial charge in [-0.1, -0.05) is 86.6 Å². The van der Waals surface area contributed by atoms with Gasteiger partial charge in [0.2, 0.25) is 0 Å². The lowest BCUT2D eigenvalue weighted by Crippen LogP contribution is -2.43. The first-order valence-electron chi connectivity index (χ1n) is 20.4. The van der Waals surface area contributed by atoms with Crippen LogP contribution >= 0.6 is 0 Å². The number of anilines is 1. The van der Waals surface area contributed by atoms with Gasteiger partial charge in [0.05, 0.1) is 26.3 Å². The van der Waals surface area contributed by atoms with E-state index < -0.39 is 16.6 Å². The van der Waals surface area contributed by atoms with Crippen LogP contribution in [0.15, 0.2) is 54.1 Å². The Kier molecular flexibility index (Phi) is 15.5. The maximum Gasteiger partial charge on any atom is 0.251 e. The molecule has 2 fully saturated rings. The summed E-state index contributed by atoms with van der Waals surface area (Å²) in [4.78, 5) is 53.6. The molecule has 2 unspecified atom stereocenters. The van der Waals surface area contributed by atoms with E-state index in [1.807, 2.05) is 43.1 Å². The Morgan fingerprint density at radius 1 is 0.807 bits per heavy atom. The molecule has 4 rings (SSSR count). The lowest BCUT2D eigenvalue weighted by Gasteiger charge is -2.36. The van der Waals surface area contributed by atoms with Gasteiger partial charge in [-0.3, -0.25) is 24.1 Å². The Bertz CT molecular complexity index is 1770. The topological polar surface area (TPSA) is 105 Å². The van der Waals surface area contributed by atoms with E-state index in [2.05, 4.69) is 124 Å². The molecule has 0 aliphatic heterocycles. The Labute approximate surface area is 346 Å². The molecule has 0 heterocycles. The normalized spacial score (nSPS) is 20.1. The van der Waals surface area contributed by atoms with Gasteiger partial charge < -0.3 is 19.1 Å². The van der Waals surface area contributed by atoms with Crippen LogP contribution in [0, 0.1) is 16.7 Å². The van der Waals surface area contributed by atoms with Crippen LogP contribution < -0.4 is 10.2 Å². The molecule has 1 N–H and O–H groups in total. The standard InChI is InChI=1S/C28H43NO3Si.C18H30N2O3Si/c1-26(2,3)33(8,9)32-19-22(30)18-29(7)17-21-12-10-20(11-13-21)16-23-24-14-15-28(6,25(23)31)27(24,4)5;1-18(2,3)24(6,7)23-13-16(21)12-19-17(22)14-8-10-15(11-9-14)20(4)5/h10-13,16,24H,14-15,17-19H2,1-9H3;8-11H,12-13H2,1-7H3,(H,19,22)/b23-16-;. The molecule has 2 aromatic rings. The van der Waals surface area contributed by atoms with E-state index >= 15 is 0 Å². The molecule has 0 radical (unpaired) electrons. The zero-order valence-corrected chi connectivity index (χ0v) is 40.1. The molecule has 11 heteroatoms. The molecule has 0 spiro atoms. The monoisotopic (exact) mass is 820 g/mol. The van der Waals surface area contributed by atoms with Crippen molar-refractivity contribution < 1.29 is 28.0 Å². The second kappa shape index (κ2) is 18.4. The lowest BCUT2D eigenvalue weighted by molar-refractivity contribution is -0.125. The highest BCUT2D eigenvalue weighted by atomic mass is 28.4. The second-order valence-electron chi connectivity index (χ2n) is 20.3. The van der Waals surface area contributed by atoms with Gasteiger partial charge in [-0.2, -0.15) is 0 Å². The van der Waals surface area contributed by atoms with E-state index in [0.717, 1.165) is 35.2 Å². The zero-order valence-electron chi connectivity index (χ0n) is 38.1. The summed E-state index contributed by atoms with van der Waals surface area (Å²) in [5.74, 6) is 0.458. The summed E-state index contributed by atoms with van der Waals surface area (Å²) < 4.78 is 11.9. The van der Waals surface area contributed by atoms with Gasteiger partial charge in [0, 0.05) is 37.3 Å². The molecule has 2 aromatic carbocycles. The summed E-state index contributed by atoms with van der Waals surface area (Å²) in [7, 11) is 2.00. The van der Waals surface area contributed by atoms with Crippen LogP contribution in [0.3, 0.4) is 0 Å². The van der Waals surface area contributed by atoms with Gasteiger partial charge in [0.25, 0.3) is 5.91 Å². The highest BCUT2D eigenvalue weighted by Gasteiger charge is 2.63. The number of allylic oxidation sites excluding steroid dienone is 1. The van der Waals surface area contributed by atoms with Crippen molar-refractivity contribution >= 4 is 51.7 Å². The summed E-state index contributed by atoms with van der Waals surface area (Å²) in [5, 5.41) is 2.82. The number of carbonyl (C=O) groups is 4. The number of Topliss-reactive ketones (excluding diaryl/α,β-unsaturated/α-hetero) is 3. The highest BCUT2D eigenvalue weighted by molar-refractivity contribution is 6.74. The van der Waals surface area contributed by atoms with Crippen molar-refractivity contribution in [1.29, 1.82) is 0 Å². The van der Waals surface area contributed by atoms with Crippen LogP contribution in [0.4, 0.5) is 5.69 Å². The Balaban J connectivity index is 0.000000322. The van der Waals surface area contributed by atoms with Crippen molar-refractivity contribution in [3.63, 3.8) is 0 Å². The summed E-state index contributed by atoms with van der Waals surface area (Å²) in [6, 6.07) is 15.6. The molecule has 0 saturated heterocycles. The van der Waals surface area contributed by atoms with Gasteiger partial charge in [0.15, 0.2) is 34.0 Å². The molecule has 2 aliphatic carbocycles. The predicted molar refractivity (Wildman–Crippen MR) is 240 cm³/mol. The molecule has 316 valence electrons. The van der Waals surface area contributed by atoms with E-state index in [1.54, 1.807) is 12.1 Å². The van der Waals surface area contributed by atoms with Crippen LogP contribution in [0.2, 0.25) is 36.3 Å². The third kappa shape index (κ3) is 11.9. The third-order valence-corrected chi connectivity index (χ3v) is 22.4. The number of rotatable bonds is 15. The number of benzene rings is 2. The summed E-state index contributed by atoms with van der Waals surface area (Å²) in [6.07, 6.45) is 4.22. The fourth-order valence-corrected chi connectivity index (χ4v) is 8.81. The third-order valence-electron chi connectivity index (χ3n) is 13.5. The summed E-state index contributed by atoms with van der Waals surface area (Å²) in [6.45, 7) is 29.5. The van der Waals surface area contributed by atoms with Crippen molar-refractivity contribution in [1.82, 2.24) is 10.2 Å². The Morgan fingerprint density at radius 2 is 1.32 bits per heavy atom. The number of hydrogen-bond acceptors (Lipinski definition) is 8. The molecule has 2 atom stereocenters. The van der Waals surface area contributed by atoms with Crippen molar-refractivity contribution in [3.05, 3.63) is 70.8 Å². The van der Waals surface area contributed by atoms with Crippen molar-refractivity contribution in [3.8, 4) is 0 Å². The number of likely N-dealkylation sites (N-methyl/N-ethyl adjacent to an activating group) is 1. The molecule has 2 saturated carbocycles. The number of amides is 1. The first kappa shape index (κ1) is 48.1. The molecule has 2 aliphatic rings. The van der Waals surface area contributed by atoms with Gasteiger partial charge in [-0.15, -0.1) is 0 Å². The highest BCUT2D eigenvalue weighted by Crippen LogP contribution is 2.65. The summed E-state index contributed by atoms with van der Waals surface area (Å²) >= 11 is 0. The quantitative estimate of drug-likeness (QED) is 0.140. The predicted octanol–water partition coefficient (Wildman–Crippen LogP) is 9.19. The van der Waals surface area contributed by atoms with Gasteiger partial charge in [-0.25, -0.2) is 0 Å². The Hall–Kier alpha value is -3.23. The van der Waals surface area contributed by atoms with Crippen LogP contribution in [-0.2, 0) is 29.8 Å². The number of carbonyl (C=O) groups excluding carboxylic acids is 4. The number of hydrogen-bond donors (Lipinski definition) is 1. The number of nitrogens with one attached hydrogen (secondary N) is 1. The largest absolute Gasteiger partial charge is 0.409 e. The number of ketones is 3. The molecule has 2 bridgehead atoms. The van der Waals surface area contributed by atoms with Gasteiger partial charge in [-0.05, 0) is 115 Å². The van der Waals surface area contributed by atoms with E-state index in [9.17, 15) is 19.2 Å². The minimum Gasteiger partial charge on any atom is -0.409 e. The second-order valence-corrected chi connectivity index (χ2v) is 29.9. The minimum absolute atomic E-state index is 0.0110. The average Bonchev–Trinajstić information content (AvgIpc) is 3.42. The number of fused-ring (bicyclic) bond motifs is 2. The fourth-order valence-electron chi connectivity index (χ4n) is 6.90. The van der Waals surface area contributed by atoms with Crippen LogP contribution in [0.25, 0.3) is 6.08 Å². The van der Waals surface area contributed by atoms with Gasteiger partial charge >= 0.3 is 0 Å². The zero-order chi connectivity index (χ0) is 43.4. The molecular formula is C46H73N3O6Si2. The number of nitrogens with zero attached hydrogens (tertiary/aromatic N) is 2. The first-order valence-corrected chi connectivity index (χ1v) is 26.2. The Morgan fingerprint density at radius 3 is 1.77 bits per heavy atom. The van der Waals surface area contributed by atoms with E-state index in [1.165, 1.54) is 0 Å². The average molecular weight is 820 g/mol. The first-order chi connectivity index (χ1) is 26.0. The van der Waals surface area contributed by atoms with Gasteiger partial charge in [0.1, 0.15) is 0 Å². The van der Waals surface area contributed by atoms with Crippen molar-refractivity contribution in [2.45, 2.75) is 118 Å². The minimum atomic E-state index is -1.94. The van der Waals surface area contributed by atoms with Crippen LogP contribution in [-0.4, -0.2) is 92.2 Å². The fraction of sp³-hybridized carbons (Fsp3) is 0.609. The molecule has 0 aromatic heterocycles. The molecular weight excluding hydrogens is 747 g/mol. The molecule has 57 heavy (non-hydrogen) atoms.